The zero-order valence-corrected chi connectivity index (χ0v) is 14.1. The van der Waals surface area contributed by atoms with E-state index in [4.69, 9.17) is 10.7 Å². The second-order valence-corrected chi connectivity index (χ2v) is 6.76. The lowest BCUT2D eigenvalue weighted by Crippen LogP contribution is -2.40. The Morgan fingerprint density at radius 2 is 2.04 bits per heavy atom. The minimum atomic E-state index is 0.301. The summed E-state index contributed by atoms with van der Waals surface area (Å²) in [4.78, 5) is 11.4. The van der Waals surface area contributed by atoms with Gasteiger partial charge in [-0.1, -0.05) is 15.9 Å². The van der Waals surface area contributed by atoms with Crippen LogP contribution < -0.4 is 10.6 Å². The number of aromatic nitrogens is 4. The lowest BCUT2D eigenvalue weighted by Gasteiger charge is -2.30. The van der Waals surface area contributed by atoms with E-state index in [1.807, 2.05) is 24.4 Å². The van der Waals surface area contributed by atoms with Gasteiger partial charge in [0.1, 0.15) is 17.2 Å². The van der Waals surface area contributed by atoms with Crippen LogP contribution in [-0.2, 0) is 0 Å². The molecule has 3 aromatic rings. The van der Waals surface area contributed by atoms with Gasteiger partial charge in [-0.15, -0.1) is 0 Å². The predicted octanol–water partition coefficient (Wildman–Crippen LogP) is 2.71. The van der Waals surface area contributed by atoms with Gasteiger partial charge in [0.2, 0.25) is 0 Å². The van der Waals surface area contributed by atoms with Crippen LogP contribution >= 0.6 is 15.9 Å². The number of nitrogens with one attached hydrogen (secondary N) is 1. The molecule has 7 heteroatoms. The van der Waals surface area contributed by atoms with Crippen LogP contribution in [0.1, 0.15) is 12.8 Å². The minimum absolute atomic E-state index is 0.301. The van der Waals surface area contributed by atoms with E-state index in [0.717, 1.165) is 58.5 Å². The highest BCUT2D eigenvalue weighted by Gasteiger charge is 2.19. The summed E-state index contributed by atoms with van der Waals surface area (Å²) < 4.78 is 1.02. The predicted molar refractivity (Wildman–Crippen MR) is 94.2 cm³/mol. The molecule has 1 saturated heterocycles. The fraction of sp³-hybridized carbons (Fsp3) is 0.312. The number of piperidine rings is 1. The molecule has 0 radical (unpaired) electrons. The Balaban J connectivity index is 1.71. The molecule has 23 heavy (non-hydrogen) atoms. The summed E-state index contributed by atoms with van der Waals surface area (Å²) in [5.74, 6) is 0.889. The number of hydrogen-bond donors (Lipinski definition) is 2. The summed E-state index contributed by atoms with van der Waals surface area (Å²) in [6.45, 7) is 1.85. The Morgan fingerprint density at radius 3 is 2.87 bits per heavy atom. The normalized spacial score (nSPS) is 16.2. The molecule has 6 nitrogen and oxygen atoms in total. The van der Waals surface area contributed by atoms with Crippen LogP contribution in [0.25, 0.3) is 22.3 Å². The van der Waals surface area contributed by atoms with E-state index in [9.17, 15) is 0 Å². The molecule has 4 rings (SSSR count). The molecule has 0 spiro atoms. The van der Waals surface area contributed by atoms with Crippen molar-refractivity contribution in [2.24, 2.45) is 5.73 Å². The molecule has 1 aliphatic rings. The number of hydrogen-bond acceptors (Lipinski definition) is 5. The monoisotopic (exact) mass is 372 g/mol. The number of halogens is 1. The van der Waals surface area contributed by atoms with E-state index in [2.05, 4.69) is 36.0 Å². The van der Waals surface area contributed by atoms with E-state index in [1.54, 1.807) is 6.20 Å². The Hall–Kier alpha value is -1.99. The van der Waals surface area contributed by atoms with E-state index in [1.165, 1.54) is 0 Å². The third kappa shape index (κ3) is 2.82. The van der Waals surface area contributed by atoms with Gasteiger partial charge < -0.3 is 10.6 Å². The van der Waals surface area contributed by atoms with Gasteiger partial charge in [0.05, 0.1) is 17.9 Å². The number of nitrogens with zero attached hydrogens (tertiary/aromatic N) is 4. The van der Waals surface area contributed by atoms with Gasteiger partial charge in [-0.3, -0.25) is 10.1 Å². The lowest BCUT2D eigenvalue weighted by molar-refractivity contribution is 0.498. The largest absolute Gasteiger partial charge is 0.355 e. The summed E-state index contributed by atoms with van der Waals surface area (Å²) in [5, 5.41) is 8.50. The smallest absolute Gasteiger partial charge is 0.147 e. The second-order valence-electron chi connectivity index (χ2n) is 5.85. The molecule has 2 aromatic heterocycles. The Morgan fingerprint density at radius 1 is 1.22 bits per heavy atom. The average Bonchev–Trinajstić information content (AvgIpc) is 2.98. The molecular weight excluding hydrogens is 356 g/mol. The quantitative estimate of drug-likeness (QED) is 0.722. The molecule has 0 atom stereocenters. The van der Waals surface area contributed by atoms with Crippen molar-refractivity contribution in [1.82, 2.24) is 20.2 Å². The number of anilines is 1. The van der Waals surface area contributed by atoms with Crippen molar-refractivity contribution in [1.29, 1.82) is 0 Å². The zero-order chi connectivity index (χ0) is 15.8. The van der Waals surface area contributed by atoms with Gasteiger partial charge in [-0.25, -0.2) is 4.98 Å². The lowest BCUT2D eigenvalue weighted by atomic mass is 10.1. The van der Waals surface area contributed by atoms with Crippen LogP contribution in [0, 0.1) is 0 Å². The van der Waals surface area contributed by atoms with Gasteiger partial charge in [0.15, 0.2) is 0 Å². The third-order valence-corrected chi connectivity index (χ3v) is 4.75. The number of rotatable bonds is 2. The minimum Gasteiger partial charge on any atom is -0.355 e. The molecule has 3 heterocycles. The molecule has 0 saturated carbocycles. The maximum Gasteiger partial charge on any atom is 0.147 e. The van der Waals surface area contributed by atoms with Gasteiger partial charge >= 0.3 is 0 Å². The highest BCUT2D eigenvalue weighted by atomic mass is 79.9. The van der Waals surface area contributed by atoms with E-state index < -0.39 is 0 Å². The summed E-state index contributed by atoms with van der Waals surface area (Å²) in [5.41, 5.74) is 8.57. The molecule has 0 amide bonds. The van der Waals surface area contributed by atoms with Crippen molar-refractivity contribution in [3.63, 3.8) is 0 Å². The van der Waals surface area contributed by atoms with Crippen molar-refractivity contribution in [2.45, 2.75) is 18.9 Å². The van der Waals surface area contributed by atoms with Crippen LogP contribution in [0.2, 0.25) is 0 Å². The molecule has 3 N–H and O–H groups in total. The van der Waals surface area contributed by atoms with Crippen LogP contribution in [0.15, 0.2) is 35.1 Å². The van der Waals surface area contributed by atoms with Gasteiger partial charge in [0.25, 0.3) is 0 Å². The zero-order valence-electron chi connectivity index (χ0n) is 12.5. The first-order valence-electron chi connectivity index (χ1n) is 7.67. The molecule has 0 unspecified atom stereocenters. The highest BCUT2D eigenvalue weighted by molar-refractivity contribution is 9.10. The first-order chi connectivity index (χ1) is 11.2. The molecule has 1 aromatic carbocycles. The van der Waals surface area contributed by atoms with Crippen molar-refractivity contribution < 1.29 is 0 Å². The standard InChI is InChI=1S/C16H17BrN6/c17-10-1-2-13-12(7-10)16(22-21-13)14-8-19-9-15(20-14)23-5-3-11(18)4-6-23/h1-2,7-9,11H,3-6,18H2,(H,21,22). The Kier molecular flexibility index (Phi) is 3.74. The molecule has 1 fully saturated rings. The molecule has 0 bridgehead atoms. The maximum atomic E-state index is 5.98. The summed E-state index contributed by atoms with van der Waals surface area (Å²) >= 11 is 3.51. The molecule has 118 valence electrons. The summed E-state index contributed by atoms with van der Waals surface area (Å²) in [6, 6.07) is 6.33. The fourth-order valence-corrected chi connectivity index (χ4v) is 3.29. The van der Waals surface area contributed by atoms with Gasteiger partial charge in [-0.05, 0) is 31.0 Å². The average molecular weight is 373 g/mol. The Labute approximate surface area is 142 Å². The first kappa shape index (κ1) is 14.6. The summed E-state index contributed by atoms with van der Waals surface area (Å²) in [6.07, 6.45) is 5.55. The number of H-pyrrole nitrogens is 1. The number of fused-ring (bicyclic) bond motifs is 1. The van der Waals surface area contributed by atoms with Crippen molar-refractivity contribution in [3.05, 3.63) is 35.1 Å². The first-order valence-corrected chi connectivity index (χ1v) is 8.46. The van der Waals surface area contributed by atoms with Crippen molar-refractivity contribution in [3.8, 4) is 11.4 Å². The van der Waals surface area contributed by atoms with Gasteiger partial charge in [0, 0.05) is 29.0 Å². The summed E-state index contributed by atoms with van der Waals surface area (Å²) in [7, 11) is 0. The number of benzene rings is 1. The number of nitrogens with two attached hydrogens (primary N) is 1. The molecule has 0 aliphatic carbocycles. The van der Waals surface area contributed by atoms with E-state index in [0.29, 0.717) is 6.04 Å². The van der Waals surface area contributed by atoms with Crippen LogP contribution in [0.4, 0.5) is 5.82 Å². The Bertz CT molecular complexity index is 837. The van der Waals surface area contributed by atoms with Crippen molar-refractivity contribution in [2.75, 3.05) is 18.0 Å². The van der Waals surface area contributed by atoms with Crippen molar-refractivity contribution >= 4 is 32.7 Å². The van der Waals surface area contributed by atoms with Crippen LogP contribution in [-0.4, -0.2) is 39.3 Å². The van der Waals surface area contributed by atoms with Crippen LogP contribution in [0.5, 0.6) is 0 Å². The fourth-order valence-electron chi connectivity index (χ4n) is 2.93. The van der Waals surface area contributed by atoms with E-state index in [-0.39, 0.29) is 0 Å². The topological polar surface area (TPSA) is 83.7 Å². The highest BCUT2D eigenvalue weighted by Crippen LogP contribution is 2.28. The van der Waals surface area contributed by atoms with E-state index >= 15 is 0 Å². The van der Waals surface area contributed by atoms with Crippen LogP contribution in [0.3, 0.4) is 0 Å². The maximum absolute atomic E-state index is 5.98. The molecular formula is C16H17BrN6. The van der Waals surface area contributed by atoms with Gasteiger partial charge in [-0.2, -0.15) is 5.10 Å². The molecule has 1 aliphatic heterocycles. The number of aromatic amines is 1. The second kappa shape index (κ2) is 5.90. The third-order valence-electron chi connectivity index (χ3n) is 4.25. The SMILES string of the molecule is NC1CCN(c2cncc(-c3n[nH]c4ccc(Br)cc34)n2)CC1.